The molecule has 0 radical (unpaired) electrons. The minimum Gasteiger partial charge on any atom is -0.530 e. The molecule has 0 spiro atoms. The van der Waals surface area contributed by atoms with Crippen LogP contribution < -0.4 is 26.2 Å². The van der Waals surface area contributed by atoms with E-state index in [9.17, 15) is 29.4 Å². The molecule has 69 heavy (non-hydrogen) atoms. The second-order valence-corrected chi connectivity index (χ2v) is 26.4. The van der Waals surface area contributed by atoms with Gasteiger partial charge < -0.3 is 54.3 Å². The molecule has 2 aliphatic carbocycles. The molecule has 4 N–H and O–H groups in total. The Kier molecular flexibility index (Phi) is 17.8. The van der Waals surface area contributed by atoms with Gasteiger partial charge in [-0.1, -0.05) is 69.3 Å². The molecule has 14 nitrogen and oxygen atoms in total. The quantitative estimate of drug-likeness (QED) is 0.0701. The van der Waals surface area contributed by atoms with Gasteiger partial charge in [0.05, 0.1) is 23.4 Å². The van der Waals surface area contributed by atoms with Gasteiger partial charge in [0.2, 0.25) is 11.5 Å². The zero-order valence-electron chi connectivity index (χ0n) is 42.3. The van der Waals surface area contributed by atoms with Crippen LogP contribution in [0.15, 0.2) is 77.6 Å². The molecule has 1 atom stereocenters. The number of fused-ring (bicyclic) bond motifs is 1. The zero-order chi connectivity index (χ0) is 50.1. The van der Waals surface area contributed by atoms with Gasteiger partial charge in [0.25, 0.3) is 0 Å². The molecule has 0 saturated heterocycles. The highest BCUT2D eigenvalue weighted by Gasteiger charge is 2.40. The van der Waals surface area contributed by atoms with E-state index in [-0.39, 0.29) is 53.2 Å². The number of ether oxygens (including phenoxy) is 2. The Morgan fingerprint density at radius 2 is 1.59 bits per heavy atom. The number of alkyl carbamates (subject to hydrolysis) is 1. The Morgan fingerprint density at radius 3 is 2.25 bits per heavy atom. The maximum atomic E-state index is 13.3. The first-order chi connectivity index (χ1) is 32.6. The first-order valence-electron chi connectivity index (χ1n) is 24.9. The number of pyridine rings is 1. The van der Waals surface area contributed by atoms with E-state index in [0.29, 0.717) is 68.7 Å². The summed E-state index contributed by atoms with van der Waals surface area (Å²) in [6.07, 6.45) is 5.37. The van der Waals surface area contributed by atoms with Crippen molar-refractivity contribution in [2.75, 3.05) is 38.2 Å². The van der Waals surface area contributed by atoms with E-state index in [4.69, 9.17) is 13.9 Å². The number of amides is 3. The molecule has 2 aliphatic rings. The van der Waals surface area contributed by atoms with Crippen LogP contribution in [0.4, 0.5) is 15.3 Å². The number of anilines is 1. The minimum atomic E-state index is -2.20. The second-order valence-electron chi connectivity index (χ2n) is 21.7. The number of carbonyl (C=O) groups excluding carboxylic acids is 3. The number of hydrogen-bond acceptors (Lipinski definition) is 10. The summed E-state index contributed by atoms with van der Waals surface area (Å²) in [5.74, 6) is 0.411. The predicted molar refractivity (Wildman–Crippen MR) is 273 cm³/mol. The van der Waals surface area contributed by atoms with Crippen molar-refractivity contribution in [2.45, 2.75) is 154 Å². The van der Waals surface area contributed by atoms with Crippen molar-refractivity contribution >= 4 is 43.0 Å². The van der Waals surface area contributed by atoms with Crippen LogP contribution in [0, 0.1) is 5.92 Å². The molecule has 3 aromatic carbocycles. The average Bonchev–Trinajstić information content (AvgIpc) is 3.28. The number of phenols is 1. The average molecular weight is 967 g/mol. The fraction of sp³-hybridized carbons (Fsp3) is 0.556. The van der Waals surface area contributed by atoms with Crippen molar-refractivity contribution in [1.29, 1.82) is 0 Å². The molecule has 3 amide bonds. The molecule has 1 aromatic heterocycles. The highest BCUT2D eigenvalue weighted by atomic mass is 28.4. The summed E-state index contributed by atoms with van der Waals surface area (Å²) >= 11 is 0. The first-order valence-corrected chi connectivity index (χ1v) is 27.8. The summed E-state index contributed by atoms with van der Waals surface area (Å²) in [6, 6.07) is 22.0. The van der Waals surface area contributed by atoms with Crippen molar-refractivity contribution in [3.05, 3.63) is 94.3 Å². The van der Waals surface area contributed by atoms with Crippen LogP contribution in [-0.4, -0.2) is 98.5 Å². The third-order valence-electron chi connectivity index (χ3n) is 14.3. The van der Waals surface area contributed by atoms with E-state index >= 15 is 0 Å². The number of carboxylic acid groups (broad SMARTS) is 1. The van der Waals surface area contributed by atoms with Gasteiger partial charge in [0.1, 0.15) is 24.1 Å². The lowest BCUT2D eigenvalue weighted by Crippen LogP contribution is -2.51. The highest BCUT2D eigenvalue weighted by molar-refractivity contribution is 6.74. The molecule has 376 valence electrons. The van der Waals surface area contributed by atoms with Crippen molar-refractivity contribution in [3.63, 3.8) is 0 Å². The van der Waals surface area contributed by atoms with Crippen molar-refractivity contribution in [1.82, 2.24) is 20.5 Å². The van der Waals surface area contributed by atoms with Gasteiger partial charge in [-0.25, -0.2) is 4.79 Å². The molecule has 6 rings (SSSR count). The number of H-pyrrole nitrogens is 1. The van der Waals surface area contributed by atoms with E-state index in [1.165, 1.54) is 11.0 Å². The molecular weight excluding hydrogens is 891 g/mol. The third kappa shape index (κ3) is 14.7. The summed E-state index contributed by atoms with van der Waals surface area (Å²) in [5.41, 5.74) is 3.70. The number of carbonyl (C=O) groups is 3. The Labute approximate surface area is 409 Å². The lowest BCUT2D eigenvalue weighted by atomic mass is 9.87. The molecule has 0 aliphatic heterocycles. The number of likely N-dealkylation sites (N-methyl/N-ethyl adjacent to an activating group) is 1. The normalized spacial score (nSPS) is 19.4. The number of nitrogens with one attached hydrogen (secondary N) is 3. The van der Waals surface area contributed by atoms with E-state index < -0.39 is 26.1 Å². The molecule has 2 fully saturated rings. The predicted octanol–water partition coefficient (Wildman–Crippen LogP) is 9.21. The van der Waals surface area contributed by atoms with Crippen LogP contribution in [0.3, 0.4) is 0 Å². The molecule has 1 heterocycles. The first kappa shape index (κ1) is 53.1. The molecule has 2 saturated carbocycles. The molecule has 0 unspecified atom stereocenters. The number of hydrogen-bond donors (Lipinski definition) is 4. The fourth-order valence-electron chi connectivity index (χ4n) is 9.34. The zero-order valence-corrected chi connectivity index (χ0v) is 43.3. The summed E-state index contributed by atoms with van der Waals surface area (Å²) in [4.78, 5) is 56.7. The lowest BCUT2D eigenvalue weighted by molar-refractivity contribution is -0.247. The van der Waals surface area contributed by atoms with Gasteiger partial charge in [-0.3, -0.25) is 9.59 Å². The number of phenolic OH excluding ortho intramolecular Hbond substituents is 1. The smallest absolute Gasteiger partial charge is 0.407 e. The highest BCUT2D eigenvalue weighted by Crippen LogP contribution is 2.42. The number of nitrogens with zero attached hydrogens (tertiary/aromatic N) is 2. The monoisotopic (exact) mass is 967 g/mol. The minimum absolute atomic E-state index is 0.0130. The van der Waals surface area contributed by atoms with Gasteiger partial charge in [-0.2, -0.15) is 0 Å². The summed E-state index contributed by atoms with van der Waals surface area (Å²) < 4.78 is 18.6. The van der Waals surface area contributed by atoms with Gasteiger partial charge in [0, 0.05) is 49.2 Å². The number of aromatic nitrogens is 1. The van der Waals surface area contributed by atoms with Gasteiger partial charge in [-0.05, 0) is 150 Å². The largest absolute Gasteiger partial charge is 0.530 e. The summed E-state index contributed by atoms with van der Waals surface area (Å²) in [5, 5.41) is 30.9. The third-order valence-corrected chi connectivity index (χ3v) is 18.8. The number of aromatic hydroxyl groups is 1. The SMILES string of the molecule is CN(CCCc1ccc(-c2ccccc2)c(N(C(=O)[O-])C2CCC(NC(=O)OC(C)(C)C)CC2)c1)C(=O)COC1CCC(CNC[C@H](O[Si](C)(C)C(C)(C)C)c2ccc(O)c3[nH]c(=O)ccc23)CC1. The second kappa shape index (κ2) is 23.1. The lowest BCUT2D eigenvalue weighted by Gasteiger charge is -2.40. The van der Waals surface area contributed by atoms with Gasteiger partial charge >= 0.3 is 6.09 Å². The van der Waals surface area contributed by atoms with Crippen LogP contribution in [0.2, 0.25) is 18.1 Å². The van der Waals surface area contributed by atoms with Crippen LogP contribution in [0.25, 0.3) is 22.0 Å². The fourth-order valence-corrected chi connectivity index (χ4v) is 10.6. The van der Waals surface area contributed by atoms with Crippen molar-refractivity contribution < 1.29 is 38.5 Å². The molecular formula is C54H76N5O9Si-. The Morgan fingerprint density at radius 1 is 0.899 bits per heavy atom. The summed E-state index contributed by atoms with van der Waals surface area (Å²) in [6.45, 7) is 18.5. The Hall–Kier alpha value is -5.22. The molecule has 15 heteroatoms. The number of rotatable bonds is 18. The van der Waals surface area contributed by atoms with Gasteiger partial charge in [-0.15, -0.1) is 0 Å². The Bertz CT molecular complexity index is 2420. The molecule has 4 aromatic rings. The van der Waals surface area contributed by atoms with Crippen molar-refractivity contribution in [2.24, 2.45) is 5.92 Å². The standard InChI is InChI=1S/C54H77N5O9Si/c1-53(2,3)67-51(63)56-39-20-22-40(23-21-39)59(52(64)65)45-32-36(19-26-42(45)38-15-11-10-12-16-38)14-13-31-58(7)49(62)35-66-41-24-17-37(18-25-41)33-55-34-47(68-69(8,9)54(4,5)6)43-27-29-46(60)50-44(43)28-30-48(61)57-50/h10-12,15-16,19,26-30,32,37,39-41,47,55,60H,13-14,17-18,20-25,31,33-35H2,1-9H3,(H,56,63)(H,57,61)(H,64,65)/p-1/t37?,39?,40?,41?,47-/m0/s1. The maximum absolute atomic E-state index is 13.3. The van der Waals surface area contributed by atoms with Crippen LogP contribution in [0.5, 0.6) is 5.75 Å². The Balaban J connectivity index is 0.978. The number of aryl methyl sites for hydroxylation is 1. The number of benzene rings is 3. The van der Waals surface area contributed by atoms with E-state index in [0.717, 1.165) is 59.9 Å². The van der Waals surface area contributed by atoms with Crippen LogP contribution in [-0.2, 0) is 25.1 Å². The van der Waals surface area contributed by atoms with E-state index in [2.05, 4.69) is 49.5 Å². The summed E-state index contributed by atoms with van der Waals surface area (Å²) in [7, 11) is -0.405. The molecule has 0 bridgehead atoms. The van der Waals surface area contributed by atoms with E-state index in [1.54, 1.807) is 24.1 Å². The maximum Gasteiger partial charge on any atom is 0.407 e. The van der Waals surface area contributed by atoms with Crippen LogP contribution >= 0.6 is 0 Å². The van der Waals surface area contributed by atoms with Gasteiger partial charge in [0.15, 0.2) is 8.32 Å². The van der Waals surface area contributed by atoms with Crippen molar-refractivity contribution in [3.8, 4) is 16.9 Å². The number of aromatic amines is 1. The van der Waals surface area contributed by atoms with Crippen LogP contribution in [0.1, 0.15) is 117 Å². The topological polar surface area (TPSA) is 186 Å². The van der Waals surface area contributed by atoms with E-state index in [1.807, 2.05) is 75.4 Å².